The van der Waals surface area contributed by atoms with Gasteiger partial charge < -0.3 is 18.9 Å². The van der Waals surface area contributed by atoms with E-state index in [2.05, 4.69) is 54.5 Å². The van der Waals surface area contributed by atoms with Gasteiger partial charge in [0.2, 0.25) is 0 Å². The highest BCUT2D eigenvalue weighted by molar-refractivity contribution is 5.92. The van der Waals surface area contributed by atoms with Gasteiger partial charge in [-0.1, -0.05) is 65.7 Å². The van der Waals surface area contributed by atoms with E-state index in [1.54, 1.807) is 0 Å². The molecule has 1 aromatic rings. The summed E-state index contributed by atoms with van der Waals surface area (Å²) in [6, 6.07) is 6.11. The van der Waals surface area contributed by atoms with Gasteiger partial charge >= 0.3 is 23.9 Å². The van der Waals surface area contributed by atoms with Crippen LogP contribution in [0.5, 0.6) is 5.75 Å². The Morgan fingerprint density at radius 2 is 0.947 bits per heavy atom. The molecule has 11 aliphatic carbocycles. The Hall–Kier alpha value is -4.08. The predicted molar refractivity (Wildman–Crippen MR) is 287 cm³/mol. The highest BCUT2D eigenvalue weighted by atomic mass is 16.6. The van der Waals surface area contributed by atoms with Gasteiger partial charge in [-0.2, -0.15) is 0 Å². The summed E-state index contributed by atoms with van der Waals surface area (Å²) in [6.07, 6.45) is 22.7. The van der Waals surface area contributed by atoms with Crippen molar-refractivity contribution in [1.29, 1.82) is 0 Å². The molecule has 10 nitrogen and oxygen atoms in total. The molecule has 11 aliphatic rings. The quantitative estimate of drug-likeness (QED) is 0.126. The van der Waals surface area contributed by atoms with Gasteiger partial charge in [-0.15, -0.1) is 0 Å². The molecule has 0 bridgehead atoms. The van der Waals surface area contributed by atoms with Crippen molar-refractivity contribution in [2.24, 2.45) is 86.3 Å². The van der Waals surface area contributed by atoms with E-state index in [4.69, 9.17) is 18.9 Å². The molecule has 76 heavy (non-hydrogen) atoms. The molecule has 0 N–H and O–H groups in total. The van der Waals surface area contributed by atoms with Crippen LogP contribution in [0.4, 0.5) is 0 Å². The number of aryl methyl sites for hydroxylation is 1. The lowest BCUT2D eigenvalue weighted by Gasteiger charge is -2.59. The zero-order chi connectivity index (χ0) is 53.3. The van der Waals surface area contributed by atoms with Crippen molar-refractivity contribution < 1.29 is 47.7 Å². The van der Waals surface area contributed by atoms with E-state index in [1.165, 1.54) is 22.3 Å². The molecule has 8 saturated carbocycles. The van der Waals surface area contributed by atoms with Gasteiger partial charge in [0.05, 0.1) is 25.7 Å². The van der Waals surface area contributed by atoms with E-state index in [0.29, 0.717) is 83.7 Å². The summed E-state index contributed by atoms with van der Waals surface area (Å²) < 4.78 is 24.8. The van der Waals surface area contributed by atoms with E-state index >= 15 is 0 Å². The third-order valence-corrected chi connectivity index (χ3v) is 25.2. The summed E-state index contributed by atoms with van der Waals surface area (Å²) in [6.45, 7) is 16.6. The maximum absolute atomic E-state index is 13.5. The van der Waals surface area contributed by atoms with Crippen molar-refractivity contribution in [3.8, 4) is 5.75 Å². The van der Waals surface area contributed by atoms with Crippen molar-refractivity contribution >= 4 is 35.4 Å². The number of ketones is 2. The van der Waals surface area contributed by atoms with Crippen LogP contribution in [0.1, 0.15) is 213 Å². The standard InChI is InChI=1S/C66H88O10/c1-37-32-40-35-42(67)22-27-62(40,3)51-25-30-65(6)49(60(37)51)13-16-54(65)75-57(70)19-18-56(69)73-44-9-11-45-39(34-44)8-10-47-46(45)24-29-64(5)48(47)12-15-53(64)74-58(71)20-21-59(72)76-55-17-14-50-61-38(2)33-41-36-43(68)23-28-63(41,4)52(61)26-31-66(50,55)7/h9,11,34-38,46-55,60-61H,8,10,12-33H2,1-7H3. The van der Waals surface area contributed by atoms with Gasteiger partial charge in [0, 0.05) is 29.1 Å². The molecule has 0 spiro atoms. The van der Waals surface area contributed by atoms with Gasteiger partial charge in [0.15, 0.2) is 11.6 Å². The van der Waals surface area contributed by atoms with Crippen LogP contribution in [0.25, 0.3) is 0 Å². The Morgan fingerprint density at radius 1 is 0.500 bits per heavy atom. The number of rotatable bonds is 10. The first-order valence-corrected chi connectivity index (χ1v) is 30.6. The fourth-order valence-electron chi connectivity index (χ4n) is 21.1. The summed E-state index contributed by atoms with van der Waals surface area (Å²) in [5.74, 6) is 5.35. The number of allylic oxidation sites excluding steroid dienone is 2. The van der Waals surface area contributed by atoms with Crippen LogP contribution < -0.4 is 4.74 Å². The largest absolute Gasteiger partial charge is 0.462 e. The van der Waals surface area contributed by atoms with Crippen LogP contribution in [0.3, 0.4) is 0 Å². The lowest BCUT2D eigenvalue weighted by molar-refractivity contribution is -0.166. The third-order valence-electron chi connectivity index (χ3n) is 25.2. The monoisotopic (exact) mass is 1040 g/mol. The Labute approximate surface area is 452 Å². The summed E-state index contributed by atoms with van der Waals surface area (Å²) >= 11 is 0. The topological polar surface area (TPSA) is 139 Å². The normalized spacial score (nSPS) is 44.6. The minimum Gasteiger partial charge on any atom is -0.462 e. The van der Waals surface area contributed by atoms with Crippen molar-refractivity contribution in [2.75, 3.05) is 0 Å². The summed E-state index contributed by atoms with van der Waals surface area (Å²) in [5, 5.41) is 0. The third kappa shape index (κ3) is 8.56. The van der Waals surface area contributed by atoms with Gasteiger partial charge in [-0.05, 0) is 227 Å². The number of carbonyl (C=O) groups is 6. The van der Waals surface area contributed by atoms with Crippen molar-refractivity contribution in [3.05, 3.63) is 52.6 Å². The molecule has 10 heteroatoms. The van der Waals surface area contributed by atoms with Crippen LogP contribution in [-0.2, 0) is 49.4 Å². The molecule has 412 valence electrons. The fourth-order valence-corrected chi connectivity index (χ4v) is 21.1. The minimum atomic E-state index is -0.420. The second-order valence-corrected chi connectivity index (χ2v) is 28.6. The second-order valence-electron chi connectivity index (χ2n) is 28.6. The molecular weight excluding hydrogens is 953 g/mol. The predicted octanol–water partition coefficient (Wildman–Crippen LogP) is 13.3. The zero-order valence-corrected chi connectivity index (χ0v) is 47.0. The van der Waals surface area contributed by atoms with Crippen LogP contribution >= 0.6 is 0 Å². The number of fused-ring (bicyclic) bond motifs is 15. The Balaban J connectivity index is 0.594. The van der Waals surface area contributed by atoms with Crippen LogP contribution in [0.15, 0.2) is 41.5 Å². The molecule has 0 heterocycles. The minimum absolute atomic E-state index is 0.00277. The van der Waals surface area contributed by atoms with E-state index < -0.39 is 5.97 Å². The summed E-state index contributed by atoms with van der Waals surface area (Å²) in [4.78, 5) is 78.5. The van der Waals surface area contributed by atoms with Gasteiger partial charge in [-0.25, -0.2) is 0 Å². The number of hydrogen-bond donors (Lipinski definition) is 0. The molecule has 19 atom stereocenters. The number of carbonyl (C=O) groups excluding carboxylic acids is 6. The zero-order valence-electron chi connectivity index (χ0n) is 47.0. The highest BCUT2D eigenvalue weighted by Crippen LogP contribution is 2.69. The smallest absolute Gasteiger partial charge is 0.311 e. The molecule has 0 saturated heterocycles. The average Bonchev–Trinajstić information content (AvgIpc) is 4.17. The maximum atomic E-state index is 13.5. The number of ether oxygens (including phenoxy) is 4. The Kier molecular flexibility index (Phi) is 13.4. The van der Waals surface area contributed by atoms with Crippen LogP contribution in [0.2, 0.25) is 0 Å². The molecular formula is C66H88O10. The average molecular weight is 1040 g/mol. The fraction of sp³-hybridized carbons (Fsp3) is 0.758. The van der Waals surface area contributed by atoms with Crippen LogP contribution in [0, 0.1) is 86.3 Å². The van der Waals surface area contributed by atoms with E-state index in [1.807, 2.05) is 24.3 Å². The van der Waals surface area contributed by atoms with Crippen molar-refractivity contribution in [3.63, 3.8) is 0 Å². The first-order valence-electron chi connectivity index (χ1n) is 30.6. The van der Waals surface area contributed by atoms with Crippen LogP contribution in [-0.4, -0.2) is 53.8 Å². The maximum Gasteiger partial charge on any atom is 0.311 e. The lowest BCUT2D eigenvalue weighted by Crippen LogP contribution is -2.54. The highest BCUT2D eigenvalue weighted by Gasteiger charge is 2.64. The first kappa shape index (κ1) is 52.6. The number of benzene rings is 1. The Morgan fingerprint density at radius 3 is 1.45 bits per heavy atom. The van der Waals surface area contributed by atoms with Crippen molar-refractivity contribution in [2.45, 2.75) is 227 Å². The molecule has 0 aliphatic heterocycles. The van der Waals surface area contributed by atoms with E-state index in [0.717, 1.165) is 116 Å². The first-order chi connectivity index (χ1) is 36.2. The molecule has 0 amide bonds. The van der Waals surface area contributed by atoms with Crippen molar-refractivity contribution in [1.82, 2.24) is 0 Å². The van der Waals surface area contributed by atoms with Gasteiger partial charge in [0.1, 0.15) is 24.1 Å². The number of hydrogen-bond acceptors (Lipinski definition) is 10. The molecule has 8 fully saturated rings. The molecule has 0 radical (unpaired) electrons. The molecule has 12 rings (SSSR count). The SMILES string of the molecule is CC1CC2=CC(=O)CCC2(C)C2CCC3(C)C(OC(=O)CCC(=O)Oc4ccc5c(c4)CCC4C5CCC5(C)C(OC(=O)CCC(=O)OC6CCC7C8C(C)CC9=CC(=O)CCC9(C)C8CCC67C)CCC45)CCC3C12. The van der Waals surface area contributed by atoms with E-state index in [-0.39, 0.29) is 101 Å². The molecule has 1 aromatic carbocycles. The molecule has 0 aromatic heterocycles. The number of esters is 4. The second kappa shape index (κ2) is 19.3. The molecule has 19 unspecified atom stereocenters. The van der Waals surface area contributed by atoms with Gasteiger partial charge in [-0.3, -0.25) is 28.8 Å². The summed E-state index contributed by atoms with van der Waals surface area (Å²) in [7, 11) is 0. The lowest BCUT2D eigenvalue weighted by atomic mass is 9.45. The van der Waals surface area contributed by atoms with Gasteiger partial charge in [0.25, 0.3) is 0 Å². The summed E-state index contributed by atoms with van der Waals surface area (Å²) in [5.41, 5.74) is 5.26. The Bertz CT molecular complexity index is 2630. The van der Waals surface area contributed by atoms with E-state index in [9.17, 15) is 28.8 Å².